The minimum atomic E-state index is -0.0922. The highest BCUT2D eigenvalue weighted by molar-refractivity contribution is 6.31. The van der Waals surface area contributed by atoms with Crippen LogP contribution < -0.4 is 0 Å². The van der Waals surface area contributed by atoms with Gasteiger partial charge in [0.1, 0.15) is 0 Å². The molecule has 0 spiro atoms. The van der Waals surface area contributed by atoms with Crippen molar-refractivity contribution in [3.05, 3.63) is 87.7 Å². The Kier molecular flexibility index (Phi) is 5.41. The first-order valence-electron chi connectivity index (χ1n) is 7.78. The van der Waals surface area contributed by atoms with Crippen LogP contribution in [0, 0.1) is 0 Å². The Labute approximate surface area is 156 Å². The minimum absolute atomic E-state index is 0.0922. The molecular weight excluding hydrogens is 357 g/mol. The lowest BCUT2D eigenvalue weighted by Crippen LogP contribution is -2.25. The Morgan fingerprint density at radius 1 is 1.16 bits per heavy atom. The number of aromatic nitrogens is 2. The zero-order valence-corrected chi connectivity index (χ0v) is 15.2. The van der Waals surface area contributed by atoms with Crippen LogP contribution in [0.4, 0.5) is 0 Å². The summed E-state index contributed by atoms with van der Waals surface area (Å²) in [6.45, 7) is 1.00. The molecule has 6 heteroatoms. The van der Waals surface area contributed by atoms with Gasteiger partial charge in [-0.3, -0.25) is 9.48 Å². The summed E-state index contributed by atoms with van der Waals surface area (Å²) in [5, 5.41) is 5.61. The second-order valence-electron chi connectivity index (χ2n) is 5.81. The molecule has 0 aliphatic heterocycles. The van der Waals surface area contributed by atoms with Crippen molar-refractivity contribution in [3.8, 4) is 0 Å². The van der Waals surface area contributed by atoms with Gasteiger partial charge in [-0.2, -0.15) is 5.10 Å². The third kappa shape index (κ3) is 4.41. The van der Waals surface area contributed by atoms with E-state index in [0.717, 1.165) is 11.1 Å². The topological polar surface area (TPSA) is 38.1 Å². The van der Waals surface area contributed by atoms with Gasteiger partial charge in [0.2, 0.25) is 0 Å². The number of carbonyl (C=O) groups is 1. The minimum Gasteiger partial charge on any atom is -0.337 e. The Morgan fingerprint density at radius 3 is 2.72 bits per heavy atom. The van der Waals surface area contributed by atoms with Crippen molar-refractivity contribution in [1.82, 2.24) is 14.7 Å². The summed E-state index contributed by atoms with van der Waals surface area (Å²) in [6.07, 6.45) is 3.31. The Hall–Kier alpha value is -2.30. The van der Waals surface area contributed by atoms with Crippen LogP contribution in [0.2, 0.25) is 10.0 Å². The van der Waals surface area contributed by atoms with E-state index in [0.29, 0.717) is 28.7 Å². The second-order valence-corrected chi connectivity index (χ2v) is 6.65. The number of benzene rings is 2. The van der Waals surface area contributed by atoms with E-state index in [1.807, 2.05) is 48.5 Å². The van der Waals surface area contributed by atoms with Gasteiger partial charge in [0.25, 0.3) is 5.91 Å². The van der Waals surface area contributed by atoms with Crippen LogP contribution in [0.3, 0.4) is 0 Å². The van der Waals surface area contributed by atoms with E-state index < -0.39 is 0 Å². The number of carbonyl (C=O) groups excluding carboxylic acids is 1. The van der Waals surface area contributed by atoms with Crippen molar-refractivity contribution in [1.29, 1.82) is 0 Å². The lowest BCUT2D eigenvalue weighted by molar-refractivity contribution is 0.0785. The van der Waals surface area contributed by atoms with Crippen LogP contribution in [0.15, 0.2) is 60.9 Å². The van der Waals surface area contributed by atoms with Crippen LogP contribution in [0.1, 0.15) is 21.5 Å². The number of nitrogens with zero attached hydrogens (tertiary/aromatic N) is 3. The molecule has 0 atom stereocenters. The van der Waals surface area contributed by atoms with E-state index in [4.69, 9.17) is 23.2 Å². The summed E-state index contributed by atoms with van der Waals surface area (Å²) in [7, 11) is 1.76. The first-order valence-corrected chi connectivity index (χ1v) is 8.54. The molecular formula is C19H17Cl2N3O. The third-order valence-corrected chi connectivity index (χ3v) is 4.43. The van der Waals surface area contributed by atoms with Crippen LogP contribution in [0.25, 0.3) is 0 Å². The van der Waals surface area contributed by atoms with Gasteiger partial charge in [-0.25, -0.2) is 0 Å². The molecule has 3 rings (SSSR count). The number of hydrogen-bond acceptors (Lipinski definition) is 2. The van der Waals surface area contributed by atoms with Crippen LogP contribution in [-0.2, 0) is 13.1 Å². The van der Waals surface area contributed by atoms with Crippen LogP contribution in [-0.4, -0.2) is 27.6 Å². The van der Waals surface area contributed by atoms with Gasteiger partial charge in [-0.15, -0.1) is 0 Å². The van der Waals surface area contributed by atoms with E-state index in [1.165, 1.54) is 0 Å². The van der Waals surface area contributed by atoms with E-state index >= 15 is 0 Å². The standard InChI is InChI=1S/C19H17Cl2N3O/c1-23(11-14-5-4-7-17(20)9-14)19(25)16-10-22-24(13-16)12-15-6-2-3-8-18(15)21/h2-10,13H,11-12H2,1H3. The maximum Gasteiger partial charge on any atom is 0.257 e. The van der Waals surface area contributed by atoms with Gasteiger partial charge in [-0.1, -0.05) is 53.5 Å². The van der Waals surface area contributed by atoms with Gasteiger partial charge < -0.3 is 4.90 Å². The quantitative estimate of drug-likeness (QED) is 0.659. The fourth-order valence-corrected chi connectivity index (χ4v) is 2.97. The smallest absolute Gasteiger partial charge is 0.257 e. The molecule has 0 unspecified atom stereocenters. The molecule has 0 radical (unpaired) electrons. The summed E-state index contributed by atoms with van der Waals surface area (Å²) >= 11 is 12.2. The Morgan fingerprint density at radius 2 is 1.96 bits per heavy atom. The molecule has 1 aromatic heterocycles. The molecule has 1 heterocycles. The molecule has 0 N–H and O–H groups in total. The van der Waals surface area contributed by atoms with Gasteiger partial charge >= 0.3 is 0 Å². The van der Waals surface area contributed by atoms with Gasteiger partial charge in [-0.05, 0) is 29.3 Å². The fraction of sp³-hybridized carbons (Fsp3) is 0.158. The molecule has 2 aromatic carbocycles. The van der Waals surface area contributed by atoms with Crippen LogP contribution >= 0.6 is 23.2 Å². The maximum atomic E-state index is 12.6. The van der Waals surface area contributed by atoms with Crippen molar-refractivity contribution in [2.75, 3.05) is 7.05 Å². The highest BCUT2D eigenvalue weighted by Gasteiger charge is 2.15. The normalized spacial score (nSPS) is 10.7. The first-order chi connectivity index (χ1) is 12.0. The molecule has 0 bridgehead atoms. The van der Waals surface area contributed by atoms with Crippen molar-refractivity contribution in [2.45, 2.75) is 13.1 Å². The summed E-state index contributed by atoms with van der Waals surface area (Å²) < 4.78 is 1.71. The molecule has 0 saturated carbocycles. The number of amides is 1. The average molecular weight is 374 g/mol. The largest absolute Gasteiger partial charge is 0.337 e. The lowest BCUT2D eigenvalue weighted by Gasteiger charge is -2.16. The predicted octanol–water partition coefficient (Wildman–Crippen LogP) is 4.51. The highest BCUT2D eigenvalue weighted by atomic mass is 35.5. The SMILES string of the molecule is CN(Cc1cccc(Cl)c1)C(=O)c1cnn(Cc2ccccc2Cl)c1. The molecule has 25 heavy (non-hydrogen) atoms. The highest BCUT2D eigenvalue weighted by Crippen LogP contribution is 2.17. The van der Waals surface area contributed by atoms with Gasteiger partial charge in [0, 0.05) is 29.8 Å². The first kappa shape index (κ1) is 17.5. The van der Waals surface area contributed by atoms with Gasteiger partial charge in [0.05, 0.1) is 18.3 Å². The summed E-state index contributed by atoms with van der Waals surface area (Å²) in [4.78, 5) is 14.2. The van der Waals surface area contributed by atoms with Crippen molar-refractivity contribution in [2.24, 2.45) is 0 Å². The zero-order chi connectivity index (χ0) is 17.8. The van der Waals surface area contributed by atoms with E-state index in [-0.39, 0.29) is 5.91 Å². The average Bonchev–Trinajstić information content (AvgIpc) is 3.05. The lowest BCUT2D eigenvalue weighted by atomic mass is 10.2. The second kappa shape index (κ2) is 7.72. The van der Waals surface area contributed by atoms with E-state index in [2.05, 4.69) is 5.10 Å². The molecule has 0 saturated heterocycles. The number of halogens is 2. The molecule has 4 nitrogen and oxygen atoms in total. The number of hydrogen-bond donors (Lipinski definition) is 0. The molecule has 3 aromatic rings. The van der Waals surface area contributed by atoms with E-state index in [1.54, 1.807) is 29.0 Å². The Bertz CT molecular complexity index is 892. The fourth-order valence-electron chi connectivity index (χ4n) is 2.56. The molecule has 0 aliphatic rings. The van der Waals surface area contributed by atoms with Gasteiger partial charge in [0.15, 0.2) is 0 Å². The molecule has 0 fully saturated rings. The zero-order valence-electron chi connectivity index (χ0n) is 13.7. The van der Waals surface area contributed by atoms with Crippen molar-refractivity contribution < 1.29 is 4.79 Å². The predicted molar refractivity (Wildman–Crippen MR) is 100 cm³/mol. The molecule has 128 valence electrons. The van der Waals surface area contributed by atoms with Crippen LogP contribution in [0.5, 0.6) is 0 Å². The summed E-state index contributed by atoms with van der Waals surface area (Å²) in [6, 6.07) is 15.1. The Balaban J connectivity index is 1.68. The van der Waals surface area contributed by atoms with Crippen molar-refractivity contribution in [3.63, 3.8) is 0 Å². The number of rotatable bonds is 5. The summed E-state index contributed by atoms with van der Waals surface area (Å²) in [5.41, 5.74) is 2.47. The van der Waals surface area contributed by atoms with Crippen molar-refractivity contribution >= 4 is 29.1 Å². The monoisotopic (exact) mass is 373 g/mol. The summed E-state index contributed by atoms with van der Waals surface area (Å²) in [5.74, 6) is -0.0922. The third-order valence-electron chi connectivity index (χ3n) is 3.83. The van der Waals surface area contributed by atoms with E-state index in [9.17, 15) is 4.79 Å². The molecule has 1 amide bonds. The maximum absolute atomic E-state index is 12.6. The molecule has 0 aliphatic carbocycles.